The van der Waals surface area contributed by atoms with Crippen LogP contribution in [0.3, 0.4) is 0 Å². The third-order valence-corrected chi connectivity index (χ3v) is 4.53. The maximum atomic E-state index is 12.4. The number of amides is 2. The van der Waals surface area contributed by atoms with E-state index in [2.05, 4.69) is 10.6 Å². The van der Waals surface area contributed by atoms with Crippen molar-refractivity contribution in [1.29, 1.82) is 0 Å². The second kappa shape index (κ2) is 9.93. The lowest BCUT2D eigenvalue weighted by molar-refractivity contribution is -0.862. The highest BCUT2D eigenvalue weighted by Crippen LogP contribution is 2.29. The summed E-state index contributed by atoms with van der Waals surface area (Å²) in [5, 5.41) is 5.78. The fourth-order valence-corrected chi connectivity index (χ4v) is 3.29. The number of hydrogen-bond acceptors (Lipinski definition) is 4. The summed E-state index contributed by atoms with van der Waals surface area (Å²) in [6.07, 6.45) is 0. The summed E-state index contributed by atoms with van der Waals surface area (Å²) in [6.45, 7) is 6.33. The molecule has 1 unspecified atom stereocenters. The first-order valence-electron chi connectivity index (χ1n) is 9.44. The number of carbonyl (C=O) groups excluding carboxylic acids is 2. The van der Waals surface area contributed by atoms with Crippen LogP contribution >= 0.6 is 0 Å². The van der Waals surface area contributed by atoms with E-state index < -0.39 is 0 Å². The average Bonchev–Trinajstić information content (AvgIpc) is 2.64. The van der Waals surface area contributed by atoms with Gasteiger partial charge in [0.1, 0.15) is 0 Å². The molecule has 0 aliphatic carbocycles. The lowest BCUT2D eigenvalue weighted by atomic mass is 10.1. The van der Waals surface area contributed by atoms with Gasteiger partial charge in [0.15, 0.2) is 24.6 Å². The molecule has 0 fully saturated rings. The standard InChI is InChI=1S/C22H29N3O4/c1-14-9-15(2)22(16(3)10-14)24-21(27)13-25(4)12-20(26)23-17-7-8-18(28-5)19(11-17)29-6/h7-11H,12-13H2,1-6H3,(H,23,26)(H,24,27)/p+1. The highest BCUT2D eigenvalue weighted by Gasteiger charge is 2.16. The van der Waals surface area contributed by atoms with E-state index in [1.807, 2.05) is 40.0 Å². The molecule has 0 aromatic heterocycles. The van der Waals surface area contributed by atoms with Gasteiger partial charge < -0.3 is 25.0 Å². The fourth-order valence-electron chi connectivity index (χ4n) is 3.29. The van der Waals surface area contributed by atoms with Crippen LogP contribution < -0.4 is 25.0 Å². The molecule has 2 aromatic carbocycles. The number of hydrogen-bond donors (Lipinski definition) is 3. The first kappa shape index (κ1) is 22.2. The van der Waals surface area contributed by atoms with E-state index in [-0.39, 0.29) is 24.9 Å². The van der Waals surface area contributed by atoms with Gasteiger partial charge in [-0.15, -0.1) is 0 Å². The minimum Gasteiger partial charge on any atom is -0.493 e. The van der Waals surface area contributed by atoms with Crippen LogP contribution in [-0.2, 0) is 9.59 Å². The van der Waals surface area contributed by atoms with Crippen LogP contribution in [0, 0.1) is 20.8 Å². The van der Waals surface area contributed by atoms with Crippen molar-refractivity contribution in [2.45, 2.75) is 20.8 Å². The van der Waals surface area contributed by atoms with E-state index in [1.165, 1.54) is 7.11 Å². The van der Waals surface area contributed by atoms with Crippen LogP contribution in [0.2, 0.25) is 0 Å². The lowest BCUT2D eigenvalue weighted by Crippen LogP contribution is -3.11. The Hall–Kier alpha value is -3.06. The quantitative estimate of drug-likeness (QED) is 0.630. The molecule has 0 saturated heterocycles. The van der Waals surface area contributed by atoms with E-state index in [9.17, 15) is 9.59 Å². The Kier molecular flexibility index (Phi) is 7.61. The normalized spacial score (nSPS) is 11.5. The zero-order valence-electron chi connectivity index (χ0n) is 17.9. The average molecular weight is 400 g/mol. The lowest BCUT2D eigenvalue weighted by Gasteiger charge is -2.16. The molecule has 0 aliphatic rings. The maximum absolute atomic E-state index is 12.4. The molecular weight excluding hydrogens is 370 g/mol. The van der Waals surface area contributed by atoms with E-state index >= 15 is 0 Å². The summed E-state index contributed by atoms with van der Waals surface area (Å²) in [6, 6.07) is 9.24. The molecule has 0 radical (unpaired) electrons. The second-order valence-electron chi connectivity index (χ2n) is 7.25. The summed E-state index contributed by atoms with van der Waals surface area (Å²) in [5.41, 5.74) is 4.66. The van der Waals surface area contributed by atoms with Crippen molar-refractivity contribution >= 4 is 23.2 Å². The summed E-state index contributed by atoms with van der Waals surface area (Å²) in [7, 11) is 4.90. The van der Waals surface area contributed by atoms with Gasteiger partial charge >= 0.3 is 0 Å². The first-order chi connectivity index (χ1) is 13.7. The van der Waals surface area contributed by atoms with E-state index in [1.54, 1.807) is 25.3 Å². The number of ether oxygens (including phenoxy) is 2. The smallest absolute Gasteiger partial charge is 0.279 e. The third-order valence-electron chi connectivity index (χ3n) is 4.53. The number of likely N-dealkylation sites (N-methyl/N-ethyl adjacent to an activating group) is 1. The van der Waals surface area contributed by atoms with Crippen LogP contribution in [-0.4, -0.2) is 46.2 Å². The van der Waals surface area contributed by atoms with E-state index in [0.717, 1.165) is 27.3 Å². The topological polar surface area (TPSA) is 81.1 Å². The summed E-state index contributed by atoms with van der Waals surface area (Å²) in [4.78, 5) is 25.5. The molecule has 2 rings (SSSR count). The predicted molar refractivity (Wildman–Crippen MR) is 114 cm³/mol. The first-order valence-corrected chi connectivity index (χ1v) is 9.44. The largest absolute Gasteiger partial charge is 0.493 e. The number of quaternary nitrogens is 1. The van der Waals surface area contributed by atoms with E-state index in [4.69, 9.17) is 9.47 Å². The Morgan fingerprint density at radius 2 is 1.41 bits per heavy atom. The summed E-state index contributed by atoms with van der Waals surface area (Å²) >= 11 is 0. The predicted octanol–water partition coefficient (Wildman–Crippen LogP) is 1.72. The van der Waals surface area contributed by atoms with Gasteiger partial charge in [-0.2, -0.15) is 0 Å². The van der Waals surface area contributed by atoms with Crippen molar-refractivity contribution in [2.75, 3.05) is 45.0 Å². The monoisotopic (exact) mass is 400 g/mol. The second-order valence-corrected chi connectivity index (χ2v) is 7.25. The fraction of sp³-hybridized carbons (Fsp3) is 0.364. The molecule has 2 aromatic rings. The van der Waals surface area contributed by atoms with Crippen LogP contribution in [0.4, 0.5) is 11.4 Å². The highest BCUT2D eigenvalue weighted by atomic mass is 16.5. The van der Waals surface area contributed by atoms with Gasteiger partial charge in [-0.25, -0.2) is 0 Å². The Balaban J connectivity index is 1.91. The zero-order chi connectivity index (χ0) is 21.6. The highest BCUT2D eigenvalue weighted by molar-refractivity contribution is 5.94. The zero-order valence-corrected chi connectivity index (χ0v) is 17.9. The van der Waals surface area contributed by atoms with Crippen LogP contribution in [0.25, 0.3) is 0 Å². The number of methoxy groups -OCH3 is 2. The van der Waals surface area contributed by atoms with Crippen molar-refractivity contribution in [3.05, 3.63) is 47.0 Å². The number of benzene rings is 2. The van der Waals surface area contributed by atoms with E-state index in [0.29, 0.717) is 17.2 Å². The van der Waals surface area contributed by atoms with Gasteiger partial charge in [0.05, 0.1) is 21.3 Å². The Morgan fingerprint density at radius 3 is 1.97 bits per heavy atom. The van der Waals surface area contributed by atoms with Crippen LogP contribution in [0.1, 0.15) is 16.7 Å². The molecule has 1 atom stereocenters. The van der Waals surface area contributed by atoms with Crippen molar-refractivity contribution in [3.63, 3.8) is 0 Å². The molecule has 0 spiro atoms. The molecular formula is C22H30N3O4+. The van der Waals surface area contributed by atoms with Gasteiger partial charge in [-0.3, -0.25) is 9.59 Å². The molecule has 0 saturated carbocycles. The molecule has 0 heterocycles. The molecule has 7 heteroatoms. The number of nitrogens with one attached hydrogen (secondary N) is 3. The van der Waals surface area contributed by atoms with Gasteiger partial charge in [0, 0.05) is 17.4 Å². The van der Waals surface area contributed by atoms with Gasteiger partial charge in [0.2, 0.25) is 0 Å². The molecule has 0 bridgehead atoms. The van der Waals surface area contributed by atoms with Gasteiger partial charge in [-0.1, -0.05) is 17.7 Å². The summed E-state index contributed by atoms with van der Waals surface area (Å²) in [5.74, 6) is 0.808. The van der Waals surface area contributed by atoms with Crippen molar-refractivity contribution in [2.24, 2.45) is 0 Å². The van der Waals surface area contributed by atoms with Crippen molar-refractivity contribution < 1.29 is 24.0 Å². The molecule has 29 heavy (non-hydrogen) atoms. The Labute approximate surface area is 172 Å². The van der Waals surface area contributed by atoms with Gasteiger partial charge in [0.25, 0.3) is 11.8 Å². The molecule has 156 valence electrons. The maximum Gasteiger partial charge on any atom is 0.279 e. The Bertz CT molecular complexity index is 873. The minimum atomic E-state index is -0.190. The molecule has 3 N–H and O–H groups in total. The number of rotatable bonds is 8. The SMILES string of the molecule is COc1ccc(NC(=O)C[NH+](C)CC(=O)Nc2c(C)cc(C)cc2C)cc1OC. The van der Waals surface area contributed by atoms with Crippen molar-refractivity contribution in [3.8, 4) is 11.5 Å². The third kappa shape index (κ3) is 6.22. The van der Waals surface area contributed by atoms with Crippen LogP contribution in [0.15, 0.2) is 30.3 Å². The molecule has 2 amide bonds. The molecule has 7 nitrogen and oxygen atoms in total. The number of aryl methyl sites for hydroxylation is 3. The van der Waals surface area contributed by atoms with Crippen LogP contribution in [0.5, 0.6) is 11.5 Å². The summed E-state index contributed by atoms with van der Waals surface area (Å²) < 4.78 is 10.4. The van der Waals surface area contributed by atoms with Gasteiger partial charge in [-0.05, 0) is 44.0 Å². The Morgan fingerprint density at radius 1 is 0.862 bits per heavy atom. The molecule has 0 aliphatic heterocycles. The number of anilines is 2. The minimum absolute atomic E-state index is 0.128. The number of carbonyl (C=O) groups is 2. The van der Waals surface area contributed by atoms with Crippen molar-refractivity contribution in [1.82, 2.24) is 0 Å².